The molecule has 5 nitrogen and oxygen atoms in total. The van der Waals surface area contributed by atoms with Crippen LogP contribution in [-0.4, -0.2) is 50.5 Å². The van der Waals surface area contributed by atoms with E-state index in [4.69, 9.17) is 9.47 Å². The summed E-state index contributed by atoms with van der Waals surface area (Å²) >= 11 is 0. The molecule has 0 aromatic rings. The summed E-state index contributed by atoms with van der Waals surface area (Å²) in [5.74, 6) is 0.537. The molecule has 3 unspecified atom stereocenters. The number of amides is 1. The van der Waals surface area contributed by atoms with E-state index in [2.05, 4.69) is 24.5 Å². The van der Waals surface area contributed by atoms with Gasteiger partial charge in [-0.2, -0.15) is 0 Å². The third-order valence-electron chi connectivity index (χ3n) is 5.60. The second-order valence-electron chi connectivity index (χ2n) is 6.96. The van der Waals surface area contributed by atoms with Gasteiger partial charge >= 0.3 is 0 Å². The van der Waals surface area contributed by atoms with E-state index in [1.807, 2.05) is 0 Å². The number of hydrogen-bond acceptors (Lipinski definition) is 4. The minimum absolute atomic E-state index is 0. The number of ether oxygens (including phenoxy) is 2. The molecule has 1 aliphatic carbocycles. The van der Waals surface area contributed by atoms with E-state index >= 15 is 0 Å². The van der Waals surface area contributed by atoms with Gasteiger partial charge in [-0.05, 0) is 32.4 Å². The number of halogens is 1. The number of hydrogen-bond donors (Lipinski definition) is 2. The maximum atomic E-state index is 12.7. The Hall–Kier alpha value is -0.360. The van der Waals surface area contributed by atoms with E-state index in [1.165, 1.54) is 0 Å². The topological polar surface area (TPSA) is 59.6 Å². The maximum absolute atomic E-state index is 12.7. The van der Waals surface area contributed by atoms with E-state index in [9.17, 15) is 4.79 Å². The van der Waals surface area contributed by atoms with Gasteiger partial charge in [0, 0.05) is 31.1 Å². The number of methoxy groups -OCH3 is 1. The lowest BCUT2D eigenvalue weighted by atomic mass is 9.57. The molecule has 0 radical (unpaired) electrons. The van der Waals surface area contributed by atoms with Crippen LogP contribution in [0.5, 0.6) is 0 Å². The Kier molecular flexibility index (Phi) is 4.88. The molecule has 0 spiro atoms. The van der Waals surface area contributed by atoms with Gasteiger partial charge in [0.25, 0.3) is 5.91 Å². The highest BCUT2D eigenvalue weighted by molar-refractivity contribution is 5.86. The SMILES string of the molecule is COC1(C(=O)NC2C3CCOC3C2(C)C)CCNCC1.Cl. The Morgan fingerprint density at radius 1 is 1.33 bits per heavy atom. The van der Waals surface area contributed by atoms with Crippen molar-refractivity contribution in [3.05, 3.63) is 0 Å². The number of carbonyl (C=O) groups is 1. The predicted octanol–water partition coefficient (Wildman–Crippen LogP) is 1.11. The second-order valence-corrected chi connectivity index (χ2v) is 6.96. The van der Waals surface area contributed by atoms with E-state index in [0.29, 0.717) is 12.0 Å². The largest absolute Gasteiger partial charge is 0.377 e. The van der Waals surface area contributed by atoms with Crippen molar-refractivity contribution >= 4 is 18.3 Å². The van der Waals surface area contributed by atoms with Gasteiger partial charge in [0.2, 0.25) is 0 Å². The molecule has 2 N–H and O–H groups in total. The molecule has 0 aromatic carbocycles. The number of fused-ring (bicyclic) bond motifs is 1. The number of piperidine rings is 1. The van der Waals surface area contributed by atoms with Crippen molar-refractivity contribution in [2.45, 2.75) is 50.9 Å². The van der Waals surface area contributed by atoms with Gasteiger partial charge in [0.1, 0.15) is 5.60 Å². The number of rotatable bonds is 3. The number of nitrogens with one attached hydrogen (secondary N) is 2. The zero-order valence-corrected chi connectivity index (χ0v) is 13.9. The number of carbonyl (C=O) groups excluding carboxylic acids is 1. The molecule has 3 atom stereocenters. The van der Waals surface area contributed by atoms with Crippen molar-refractivity contribution in [3.8, 4) is 0 Å². The lowest BCUT2D eigenvalue weighted by Gasteiger charge is -2.55. The predicted molar refractivity (Wildman–Crippen MR) is 82.7 cm³/mol. The van der Waals surface area contributed by atoms with Gasteiger partial charge in [0.15, 0.2) is 0 Å². The maximum Gasteiger partial charge on any atom is 0.252 e. The molecular formula is C15H27ClN2O3. The normalized spacial score (nSPS) is 36.0. The van der Waals surface area contributed by atoms with Crippen molar-refractivity contribution in [2.24, 2.45) is 11.3 Å². The fourth-order valence-corrected chi connectivity index (χ4v) is 4.24. The smallest absolute Gasteiger partial charge is 0.252 e. The summed E-state index contributed by atoms with van der Waals surface area (Å²) < 4.78 is 11.4. The zero-order chi connectivity index (χ0) is 14.4. The van der Waals surface area contributed by atoms with Gasteiger partial charge < -0.3 is 20.1 Å². The van der Waals surface area contributed by atoms with Gasteiger partial charge in [-0.25, -0.2) is 0 Å². The molecule has 3 fully saturated rings. The van der Waals surface area contributed by atoms with Crippen LogP contribution >= 0.6 is 12.4 Å². The fraction of sp³-hybridized carbons (Fsp3) is 0.933. The van der Waals surface area contributed by atoms with E-state index in [0.717, 1.165) is 39.0 Å². The van der Waals surface area contributed by atoms with Crippen LogP contribution in [0.3, 0.4) is 0 Å². The molecule has 2 heterocycles. The highest BCUT2D eigenvalue weighted by Crippen LogP contribution is 2.52. The lowest BCUT2D eigenvalue weighted by molar-refractivity contribution is -0.158. The third-order valence-corrected chi connectivity index (χ3v) is 5.60. The molecule has 1 amide bonds. The van der Waals surface area contributed by atoms with Crippen molar-refractivity contribution in [1.29, 1.82) is 0 Å². The quantitative estimate of drug-likeness (QED) is 0.818. The molecule has 3 rings (SSSR count). The Bertz CT molecular complexity index is 396. The summed E-state index contributed by atoms with van der Waals surface area (Å²) in [5, 5.41) is 6.55. The summed E-state index contributed by atoms with van der Waals surface area (Å²) in [6.45, 7) is 6.87. The van der Waals surface area contributed by atoms with Crippen LogP contribution in [0, 0.1) is 11.3 Å². The molecule has 1 saturated carbocycles. The molecule has 6 heteroatoms. The molecule has 122 valence electrons. The molecule has 2 aliphatic heterocycles. The first-order valence-electron chi connectivity index (χ1n) is 7.70. The molecule has 0 bridgehead atoms. The molecular weight excluding hydrogens is 292 g/mol. The van der Waals surface area contributed by atoms with Crippen LogP contribution in [0.1, 0.15) is 33.1 Å². The van der Waals surface area contributed by atoms with Crippen LogP contribution in [0.4, 0.5) is 0 Å². The monoisotopic (exact) mass is 318 g/mol. The second kappa shape index (κ2) is 6.03. The third kappa shape index (κ3) is 2.58. The van der Waals surface area contributed by atoms with Crippen LogP contribution in [0.15, 0.2) is 0 Å². The van der Waals surface area contributed by atoms with Crippen molar-refractivity contribution < 1.29 is 14.3 Å². The minimum Gasteiger partial charge on any atom is -0.377 e. The van der Waals surface area contributed by atoms with Crippen molar-refractivity contribution in [2.75, 3.05) is 26.8 Å². The highest BCUT2D eigenvalue weighted by atomic mass is 35.5. The van der Waals surface area contributed by atoms with Crippen LogP contribution < -0.4 is 10.6 Å². The molecule has 21 heavy (non-hydrogen) atoms. The minimum atomic E-state index is -0.647. The summed E-state index contributed by atoms with van der Waals surface area (Å²) in [4.78, 5) is 12.7. The first-order valence-corrected chi connectivity index (χ1v) is 7.70. The summed E-state index contributed by atoms with van der Waals surface area (Å²) in [6.07, 6.45) is 2.85. The van der Waals surface area contributed by atoms with Crippen LogP contribution in [0.2, 0.25) is 0 Å². The Balaban J connectivity index is 0.00000161. The van der Waals surface area contributed by atoms with Crippen molar-refractivity contribution in [3.63, 3.8) is 0 Å². The van der Waals surface area contributed by atoms with E-state index in [1.54, 1.807) is 7.11 Å². The fourth-order valence-electron chi connectivity index (χ4n) is 4.24. The lowest BCUT2D eigenvalue weighted by Crippen LogP contribution is -2.69. The zero-order valence-electron chi connectivity index (χ0n) is 13.1. The average Bonchev–Trinajstić information content (AvgIpc) is 2.92. The van der Waals surface area contributed by atoms with E-state index < -0.39 is 5.60 Å². The van der Waals surface area contributed by atoms with E-state index in [-0.39, 0.29) is 29.8 Å². The van der Waals surface area contributed by atoms with Gasteiger partial charge in [0.05, 0.1) is 6.10 Å². The summed E-state index contributed by atoms with van der Waals surface area (Å²) in [5.41, 5.74) is -0.620. The molecule has 2 saturated heterocycles. The van der Waals surface area contributed by atoms with Crippen molar-refractivity contribution in [1.82, 2.24) is 10.6 Å². The molecule has 0 aromatic heterocycles. The van der Waals surface area contributed by atoms with Gasteiger partial charge in [-0.3, -0.25) is 4.79 Å². The van der Waals surface area contributed by atoms with Crippen LogP contribution in [0.25, 0.3) is 0 Å². The standard InChI is InChI=1S/C15H26N2O3.ClH/c1-14(2)11(10-4-9-20-12(10)14)17-13(18)15(19-3)5-7-16-8-6-15;/h10-12,16H,4-9H2,1-3H3,(H,17,18);1H. The highest BCUT2D eigenvalue weighted by Gasteiger charge is 2.60. The Morgan fingerprint density at radius 3 is 2.62 bits per heavy atom. The summed E-state index contributed by atoms with van der Waals surface area (Å²) in [7, 11) is 1.65. The summed E-state index contributed by atoms with van der Waals surface area (Å²) in [6, 6.07) is 0.212. The Labute approximate surface area is 132 Å². The molecule has 3 aliphatic rings. The first-order chi connectivity index (χ1) is 9.51. The van der Waals surface area contributed by atoms with Gasteiger partial charge in [-0.15, -0.1) is 12.4 Å². The Morgan fingerprint density at radius 2 is 2.00 bits per heavy atom. The average molecular weight is 319 g/mol. The van der Waals surface area contributed by atoms with Crippen LogP contribution in [-0.2, 0) is 14.3 Å². The first kappa shape index (κ1) is 17.0. The van der Waals surface area contributed by atoms with Gasteiger partial charge in [-0.1, -0.05) is 13.8 Å².